The first-order chi connectivity index (χ1) is 16.0. The molecule has 11 heteroatoms. The van der Waals surface area contributed by atoms with Crippen molar-refractivity contribution in [3.05, 3.63) is 59.0 Å². The summed E-state index contributed by atoms with van der Waals surface area (Å²) in [7, 11) is 0. The summed E-state index contributed by atoms with van der Waals surface area (Å²) in [4.78, 5) is 46.1. The zero-order valence-corrected chi connectivity index (χ0v) is 18.5. The SMILES string of the molecule is CC(=O)N1CC(C2C(=O)N(c3ncc(C)cc3F)CC(=O)N2Cc2ccc(C(F)(F)F)cc2)C1. The number of pyridine rings is 1. The first kappa shape index (κ1) is 23.7. The highest BCUT2D eigenvalue weighted by molar-refractivity contribution is 6.06. The van der Waals surface area contributed by atoms with Crippen LogP contribution in [-0.2, 0) is 27.1 Å². The molecule has 0 bridgehead atoms. The van der Waals surface area contributed by atoms with Gasteiger partial charge >= 0.3 is 6.18 Å². The summed E-state index contributed by atoms with van der Waals surface area (Å²) in [5.41, 5.74) is 0.139. The Morgan fingerprint density at radius 2 is 1.79 bits per heavy atom. The van der Waals surface area contributed by atoms with E-state index in [0.29, 0.717) is 11.1 Å². The first-order valence-corrected chi connectivity index (χ1v) is 10.6. The second kappa shape index (κ2) is 8.69. The van der Waals surface area contributed by atoms with Gasteiger partial charge in [-0.2, -0.15) is 13.2 Å². The van der Waals surface area contributed by atoms with E-state index in [1.54, 1.807) is 6.92 Å². The predicted octanol–water partition coefficient (Wildman–Crippen LogP) is 2.77. The molecule has 0 aliphatic carbocycles. The molecule has 7 nitrogen and oxygen atoms in total. The highest BCUT2D eigenvalue weighted by Gasteiger charge is 2.49. The van der Waals surface area contributed by atoms with Gasteiger partial charge in [-0.3, -0.25) is 19.3 Å². The fourth-order valence-electron chi connectivity index (χ4n) is 4.26. The van der Waals surface area contributed by atoms with Gasteiger partial charge in [-0.25, -0.2) is 9.37 Å². The molecule has 1 atom stereocenters. The largest absolute Gasteiger partial charge is 0.416 e. The second-order valence-electron chi connectivity index (χ2n) is 8.59. The van der Waals surface area contributed by atoms with E-state index in [1.165, 1.54) is 41.1 Å². The van der Waals surface area contributed by atoms with Crippen molar-refractivity contribution in [1.29, 1.82) is 0 Å². The second-order valence-corrected chi connectivity index (χ2v) is 8.59. The van der Waals surface area contributed by atoms with Crippen LogP contribution < -0.4 is 4.90 Å². The summed E-state index contributed by atoms with van der Waals surface area (Å²) in [6.45, 7) is 2.96. The van der Waals surface area contributed by atoms with Crippen molar-refractivity contribution in [1.82, 2.24) is 14.8 Å². The Morgan fingerprint density at radius 1 is 1.15 bits per heavy atom. The summed E-state index contributed by atoms with van der Waals surface area (Å²) >= 11 is 0. The Balaban J connectivity index is 1.63. The molecule has 2 aromatic rings. The first-order valence-electron chi connectivity index (χ1n) is 10.6. The molecule has 2 saturated heterocycles. The number of benzene rings is 1. The number of likely N-dealkylation sites (tertiary alicyclic amines) is 1. The van der Waals surface area contributed by atoms with Crippen molar-refractivity contribution in [2.75, 3.05) is 24.5 Å². The Hall–Kier alpha value is -3.50. The van der Waals surface area contributed by atoms with Crippen molar-refractivity contribution in [3.63, 3.8) is 0 Å². The van der Waals surface area contributed by atoms with E-state index in [-0.39, 0.29) is 31.4 Å². The van der Waals surface area contributed by atoms with Gasteiger partial charge < -0.3 is 9.80 Å². The summed E-state index contributed by atoms with van der Waals surface area (Å²) < 4.78 is 53.3. The molecular weight excluding hydrogens is 456 g/mol. The van der Waals surface area contributed by atoms with Gasteiger partial charge in [-0.1, -0.05) is 12.1 Å². The quantitative estimate of drug-likeness (QED) is 0.634. The molecule has 3 heterocycles. The van der Waals surface area contributed by atoms with Gasteiger partial charge in [-0.05, 0) is 36.2 Å². The number of rotatable bonds is 4. The van der Waals surface area contributed by atoms with Crippen LogP contribution in [0.4, 0.5) is 23.4 Å². The molecule has 0 spiro atoms. The van der Waals surface area contributed by atoms with Crippen LogP contribution in [0.1, 0.15) is 23.6 Å². The molecule has 1 aromatic heterocycles. The molecule has 180 valence electrons. The summed E-state index contributed by atoms with van der Waals surface area (Å²) in [5, 5.41) is 0. The molecule has 3 amide bonds. The minimum absolute atomic E-state index is 0.0956. The molecule has 4 rings (SSSR count). The standard InChI is InChI=1S/C23H22F4N4O3/c1-13-7-18(24)21(28-8-13)31-12-19(33)30(9-15-3-5-17(6-4-15)23(25,26)27)20(22(31)34)16-10-29(11-16)14(2)32/h3-8,16,20H,9-12H2,1-2H3. The van der Waals surface area contributed by atoms with Gasteiger partial charge in [-0.15, -0.1) is 0 Å². The van der Waals surface area contributed by atoms with Gasteiger partial charge in [0.05, 0.1) is 5.56 Å². The lowest BCUT2D eigenvalue weighted by atomic mass is 9.87. The van der Waals surface area contributed by atoms with Crippen molar-refractivity contribution in [2.24, 2.45) is 5.92 Å². The molecule has 0 N–H and O–H groups in total. The van der Waals surface area contributed by atoms with Crippen molar-refractivity contribution >= 4 is 23.5 Å². The van der Waals surface area contributed by atoms with E-state index < -0.39 is 47.9 Å². The normalized spacial score (nSPS) is 19.5. The van der Waals surface area contributed by atoms with Gasteiger partial charge in [0.2, 0.25) is 11.8 Å². The summed E-state index contributed by atoms with van der Waals surface area (Å²) in [5.74, 6) is -2.61. The number of amides is 3. The molecule has 2 fully saturated rings. The fourth-order valence-corrected chi connectivity index (χ4v) is 4.26. The highest BCUT2D eigenvalue weighted by Crippen LogP contribution is 2.33. The molecule has 1 unspecified atom stereocenters. The van der Waals surface area contributed by atoms with Gasteiger partial charge in [0.15, 0.2) is 11.6 Å². The lowest BCUT2D eigenvalue weighted by molar-refractivity contribution is -0.152. The molecule has 0 radical (unpaired) electrons. The Morgan fingerprint density at radius 3 is 2.35 bits per heavy atom. The molecule has 34 heavy (non-hydrogen) atoms. The lowest BCUT2D eigenvalue weighted by Crippen LogP contribution is -2.68. The van der Waals surface area contributed by atoms with Crippen molar-refractivity contribution in [3.8, 4) is 0 Å². The number of hydrogen-bond acceptors (Lipinski definition) is 4. The number of aryl methyl sites for hydroxylation is 1. The third-order valence-corrected chi connectivity index (χ3v) is 6.12. The summed E-state index contributed by atoms with van der Waals surface area (Å²) in [6.07, 6.45) is -3.10. The molecule has 0 saturated carbocycles. The van der Waals surface area contributed by atoms with E-state index >= 15 is 0 Å². The smallest absolute Gasteiger partial charge is 0.342 e. The Labute approximate surface area is 193 Å². The van der Waals surface area contributed by atoms with E-state index in [1.807, 2.05) is 0 Å². The van der Waals surface area contributed by atoms with Crippen LogP contribution >= 0.6 is 0 Å². The number of carbonyl (C=O) groups is 3. The number of aromatic nitrogens is 1. The van der Waals surface area contributed by atoms with Crippen LogP contribution in [0.5, 0.6) is 0 Å². The molecule has 2 aliphatic heterocycles. The maximum absolute atomic E-state index is 14.6. The monoisotopic (exact) mass is 478 g/mol. The zero-order chi connectivity index (χ0) is 24.8. The number of carbonyl (C=O) groups excluding carboxylic acids is 3. The maximum atomic E-state index is 14.6. The van der Waals surface area contributed by atoms with Crippen LogP contribution in [0.2, 0.25) is 0 Å². The van der Waals surface area contributed by atoms with Crippen LogP contribution in [0.25, 0.3) is 0 Å². The highest BCUT2D eigenvalue weighted by atomic mass is 19.4. The van der Waals surface area contributed by atoms with Crippen LogP contribution in [-0.4, -0.2) is 58.2 Å². The molecule has 2 aliphatic rings. The minimum Gasteiger partial charge on any atom is -0.342 e. The number of alkyl halides is 3. The van der Waals surface area contributed by atoms with E-state index in [0.717, 1.165) is 17.0 Å². The number of nitrogens with zero attached hydrogens (tertiary/aromatic N) is 4. The lowest BCUT2D eigenvalue weighted by Gasteiger charge is -2.49. The fraction of sp³-hybridized carbons (Fsp3) is 0.391. The van der Waals surface area contributed by atoms with Crippen molar-refractivity contribution in [2.45, 2.75) is 32.6 Å². The predicted molar refractivity (Wildman–Crippen MR) is 113 cm³/mol. The van der Waals surface area contributed by atoms with E-state index in [9.17, 15) is 31.9 Å². The van der Waals surface area contributed by atoms with Crippen LogP contribution in [0.15, 0.2) is 36.5 Å². The Bertz CT molecular complexity index is 1130. The number of hydrogen-bond donors (Lipinski definition) is 0. The van der Waals surface area contributed by atoms with Crippen LogP contribution in [0, 0.1) is 18.7 Å². The number of halogens is 4. The molecular formula is C23H22F4N4O3. The third kappa shape index (κ3) is 4.46. The van der Waals surface area contributed by atoms with Gasteiger partial charge in [0.1, 0.15) is 12.6 Å². The Kier molecular flexibility index (Phi) is 6.05. The topological polar surface area (TPSA) is 73.8 Å². The average Bonchev–Trinajstić information content (AvgIpc) is 2.71. The van der Waals surface area contributed by atoms with Crippen molar-refractivity contribution < 1.29 is 31.9 Å². The van der Waals surface area contributed by atoms with Gasteiger partial charge in [0.25, 0.3) is 5.91 Å². The molecule has 1 aromatic carbocycles. The van der Waals surface area contributed by atoms with E-state index in [4.69, 9.17) is 0 Å². The number of anilines is 1. The van der Waals surface area contributed by atoms with Gasteiger partial charge in [0, 0.05) is 38.7 Å². The average molecular weight is 478 g/mol. The zero-order valence-electron chi connectivity index (χ0n) is 18.5. The van der Waals surface area contributed by atoms with Crippen LogP contribution in [0.3, 0.4) is 0 Å². The van der Waals surface area contributed by atoms with E-state index in [2.05, 4.69) is 4.98 Å². The summed E-state index contributed by atoms with van der Waals surface area (Å²) in [6, 6.07) is 4.55. The maximum Gasteiger partial charge on any atom is 0.416 e. The number of piperazine rings is 1. The minimum atomic E-state index is -4.49. The third-order valence-electron chi connectivity index (χ3n) is 6.12.